The Kier molecular flexibility index (Phi) is 6.22. The van der Waals surface area contributed by atoms with Crippen molar-refractivity contribution in [1.82, 2.24) is 0 Å². The lowest BCUT2D eigenvalue weighted by Gasteiger charge is -2.09. The van der Waals surface area contributed by atoms with Crippen molar-refractivity contribution in [2.45, 2.75) is 13.8 Å². The molecule has 0 heterocycles. The zero-order valence-corrected chi connectivity index (χ0v) is 17.6. The van der Waals surface area contributed by atoms with Gasteiger partial charge in [-0.1, -0.05) is 12.1 Å². The summed E-state index contributed by atoms with van der Waals surface area (Å²) < 4.78 is 6.19. The van der Waals surface area contributed by atoms with Gasteiger partial charge in [0.25, 0.3) is 5.69 Å². The number of aryl methyl sites for hydroxylation is 2. The van der Waals surface area contributed by atoms with E-state index >= 15 is 0 Å². The fraction of sp³-hybridized carbons (Fsp3) is 0.0952. The summed E-state index contributed by atoms with van der Waals surface area (Å²) in [5, 5.41) is 22.1. The van der Waals surface area contributed by atoms with Gasteiger partial charge in [0.15, 0.2) is 0 Å². The highest BCUT2D eigenvalue weighted by atomic mass is 79.9. The summed E-state index contributed by atoms with van der Waals surface area (Å²) in [5.74, 6) is 0.235. The molecule has 3 aromatic carbocycles. The number of aliphatic imine (C=N–C) groups is 1. The molecule has 0 N–H and O–H groups in total. The topological polar surface area (TPSA) is 108 Å². The Morgan fingerprint density at radius 1 is 0.933 bits per heavy atom. The van der Waals surface area contributed by atoms with Gasteiger partial charge in [-0.2, -0.15) is 0 Å². The fourth-order valence-electron chi connectivity index (χ4n) is 2.65. The zero-order valence-electron chi connectivity index (χ0n) is 16.0. The summed E-state index contributed by atoms with van der Waals surface area (Å²) in [6.45, 7) is 3.98. The van der Waals surface area contributed by atoms with E-state index in [-0.39, 0.29) is 11.4 Å². The predicted molar refractivity (Wildman–Crippen MR) is 117 cm³/mol. The third-order valence-corrected chi connectivity index (χ3v) is 4.86. The standard InChI is InChI=1S/C21H16BrN3O5/c1-13-3-4-14(2)18(9-13)23-12-15-5-7-20(17(22)10-15)30-21-8-6-16(24(26)27)11-19(21)25(28)29/h3-12H,1-2H3. The zero-order chi connectivity index (χ0) is 21.8. The predicted octanol–water partition coefficient (Wildman–Crippen LogP) is 6.43. The maximum atomic E-state index is 11.3. The van der Waals surface area contributed by atoms with Crippen LogP contribution in [0.4, 0.5) is 17.1 Å². The largest absolute Gasteiger partial charge is 0.449 e. The van der Waals surface area contributed by atoms with Crippen LogP contribution in [-0.4, -0.2) is 16.1 Å². The highest BCUT2D eigenvalue weighted by Gasteiger charge is 2.21. The highest BCUT2D eigenvalue weighted by Crippen LogP contribution is 2.37. The third kappa shape index (κ3) is 4.87. The van der Waals surface area contributed by atoms with E-state index in [0.717, 1.165) is 34.5 Å². The molecule has 0 aliphatic heterocycles. The molecular formula is C21H16BrN3O5. The molecule has 0 aromatic heterocycles. The van der Waals surface area contributed by atoms with Crippen LogP contribution in [0.15, 0.2) is 64.1 Å². The van der Waals surface area contributed by atoms with Crippen molar-refractivity contribution in [3.8, 4) is 11.5 Å². The van der Waals surface area contributed by atoms with Crippen molar-refractivity contribution in [3.05, 3.63) is 96.0 Å². The molecule has 0 aliphatic carbocycles. The van der Waals surface area contributed by atoms with Gasteiger partial charge in [0.05, 0.1) is 26.1 Å². The second-order valence-electron chi connectivity index (χ2n) is 6.51. The molecule has 3 aromatic rings. The number of halogens is 1. The van der Waals surface area contributed by atoms with Gasteiger partial charge in [-0.3, -0.25) is 25.2 Å². The first-order valence-corrected chi connectivity index (χ1v) is 9.55. The minimum atomic E-state index is -0.721. The lowest BCUT2D eigenvalue weighted by Crippen LogP contribution is -1.96. The van der Waals surface area contributed by atoms with E-state index < -0.39 is 15.5 Å². The summed E-state index contributed by atoms with van der Waals surface area (Å²) in [4.78, 5) is 25.2. The van der Waals surface area contributed by atoms with Crippen LogP contribution in [0, 0.1) is 34.1 Å². The van der Waals surface area contributed by atoms with Crippen LogP contribution >= 0.6 is 15.9 Å². The van der Waals surface area contributed by atoms with E-state index in [9.17, 15) is 20.2 Å². The van der Waals surface area contributed by atoms with Crippen LogP contribution in [0.25, 0.3) is 0 Å². The number of nitro groups is 2. The highest BCUT2D eigenvalue weighted by molar-refractivity contribution is 9.10. The summed E-state index contributed by atoms with van der Waals surface area (Å²) in [7, 11) is 0. The average molecular weight is 470 g/mol. The number of benzene rings is 3. The summed E-state index contributed by atoms with van der Waals surface area (Å²) in [5.41, 5.74) is 2.97. The van der Waals surface area contributed by atoms with Crippen LogP contribution in [-0.2, 0) is 0 Å². The number of nitro benzene ring substituents is 2. The molecule has 0 saturated carbocycles. The van der Waals surface area contributed by atoms with E-state index in [1.807, 2.05) is 32.0 Å². The Hall–Kier alpha value is -3.59. The van der Waals surface area contributed by atoms with Crippen molar-refractivity contribution in [2.24, 2.45) is 4.99 Å². The van der Waals surface area contributed by atoms with Crippen LogP contribution in [0.2, 0.25) is 0 Å². The molecule has 3 rings (SSSR count). The number of ether oxygens (including phenoxy) is 1. The van der Waals surface area contributed by atoms with Gasteiger partial charge < -0.3 is 4.74 Å². The fourth-order valence-corrected chi connectivity index (χ4v) is 3.13. The molecule has 0 aliphatic rings. The molecule has 30 heavy (non-hydrogen) atoms. The van der Waals surface area contributed by atoms with Crippen LogP contribution < -0.4 is 4.74 Å². The van der Waals surface area contributed by atoms with Gasteiger partial charge >= 0.3 is 5.69 Å². The normalized spacial score (nSPS) is 10.9. The molecule has 0 bridgehead atoms. The van der Waals surface area contributed by atoms with E-state index in [2.05, 4.69) is 20.9 Å². The minimum absolute atomic E-state index is 0.0943. The molecule has 0 atom stereocenters. The lowest BCUT2D eigenvalue weighted by atomic mass is 10.1. The van der Waals surface area contributed by atoms with Crippen molar-refractivity contribution < 1.29 is 14.6 Å². The Morgan fingerprint density at radius 3 is 2.33 bits per heavy atom. The first kappa shape index (κ1) is 21.1. The summed E-state index contributed by atoms with van der Waals surface area (Å²) >= 11 is 3.39. The second-order valence-corrected chi connectivity index (χ2v) is 7.36. The molecule has 0 amide bonds. The van der Waals surface area contributed by atoms with Gasteiger partial charge in [-0.25, -0.2) is 0 Å². The Labute approximate surface area is 180 Å². The molecule has 0 saturated heterocycles. The monoisotopic (exact) mass is 469 g/mol. The number of hydrogen-bond acceptors (Lipinski definition) is 6. The van der Waals surface area contributed by atoms with Crippen molar-refractivity contribution in [3.63, 3.8) is 0 Å². The first-order chi connectivity index (χ1) is 14.2. The van der Waals surface area contributed by atoms with E-state index in [0.29, 0.717) is 10.2 Å². The summed E-state index contributed by atoms with van der Waals surface area (Å²) in [6.07, 6.45) is 1.71. The Balaban J connectivity index is 1.86. The second kappa shape index (κ2) is 8.83. The molecule has 0 spiro atoms. The average Bonchev–Trinajstić information content (AvgIpc) is 2.70. The SMILES string of the molecule is Cc1ccc(C)c(N=Cc2ccc(Oc3ccc([N+](=O)[O-])cc3[N+](=O)[O-])c(Br)c2)c1. The van der Waals surface area contributed by atoms with Gasteiger partial charge in [-0.05, 0) is 76.8 Å². The van der Waals surface area contributed by atoms with Crippen LogP contribution in [0.1, 0.15) is 16.7 Å². The quantitative estimate of drug-likeness (QED) is 0.235. The third-order valence-electron chi connectivity index (χ3n) is 4.24. The van der Waals surface area contributed by atoms with Crippen molar-refractivity contribution in [1.29, 1.82) is 0 Å². The van der Waals surface area contributed by atoms with Gasteiger partial charge in [0, 0.05) is 12.3 Å². The maximum Gasteiger partial charge on any atom is 0.318 e. The number of rotatable bonds is 6. The number of nitrogens with zero attached hydrogens (tertiary/aromatic N) is 3. The van der Waals surface area contributed by atoms with E-state index in [1.165, 1.54) is 6.07 Å². The van der Waals surface area contributed by atoms with E-state index in [4.69, 9.17) is 4.74 Å². The van der Waals surface area contributed by atoms with Crippen LogP contribution in [0.3, 0.4) is 0 Å². The molecule has 152 valence electrons. The Bertz CT molecular complexity index is 1180. The lowest BCUT2D eigenvalue weighted by molar-refractivity contribution is -0.394. The molecule has 9 heteroatoms. The minimum Gasteiger partial charge on any atom is -0.449 e. The van der Waals surface area contributed by atoms with Crippen LogP contribution in [0.5, 0.6) is 11.5 Å². The summed E-state index contributed by atoms with van der Waals surface area (Å²) in [6, 6.07) is 14.4. The van der Waals surface area contributed by atoms with Gasteiger partial charge in [0.2, 0.25) is 5.75 Å². The molecule has 8 nitrogen and oxygen atoms in total. The van der Waals surface area contributed by atoms with E-state index in [1.54, 1.807) is 24.4 Å². The van der Waals surface area contributed by atoms with Gasteiger partial charge in [0.1, 0.15) is 5.75 Å². The Morgan fingerprint density at radius 2 is 1.67 bits per heavy atom. The van der Waals surface area contributed by atoms with Crippen molar-refractivity contribution >= 4 is 39.2 Å². The van der Waals surface area contributed by atoms with Crippen molar-refractivity contribution in [2.75, 3.05) is 0 Å². The maximum absolute atomic E-state index is 11.3. The molecule has 0 fully saturated rings. The van der Waals surface area contributed by atoms with Gasteiger partial charge in [-0.15, -0.1) is 0 Å². The first-order valence-electron chi connectivity index (χ1n) is 8.76. The molecular weight excluding hydrogens is 454 g/mol. The molecule has 0 radical (unpaired) electrons. The molecule has 0 unspecified atom stereocenters. The number of non-ortho nitro benzene ring substituents is 1. The smallest absolute Gasteiger partial charge is 0.318 e. The number of hydrogen-bond donors (Lipinski definition) is 0.